The summed E-state index contributed by atoms with van der Waals surface area (Å²) in [6.07, 6.45) is 6.68. The van der Waals surface area contributed by atoms with E-state index in [2.05, 4.69) is 12.2 Å². The number of para-hydroxylation sites is 1. The predicted molar refractivity (Wildman–Crippen MR) is 205 cm³/mol. The van der Waals surface area contributed by atoms with E-state index in [1.54, 1.807) is 77.9 Å². The molecule has 0 saturated heterocycles. The second kappa shape index (κ2) is 19.3. The third-order valence-electron chi connectivity index (χ3n) is 8.41. The molecular formula is C41H56NO10P. The molecule has 3 aromatic carbocycles. The molecular weight excluding hydrogens is 697 g/mol. The second-order valence-electron chi connectivity index (χ2n) is 15.0. The van der Waals surface area contributed by atoms with Crippen molar-refractivity contribution in [1.29, 1.82) is 0 Å². The second-order valence-corrected chi connectivity index (χ2v) is 17.1. The van der Waals surface area contributed by atoms with Gasteiger partial charge in [0.1, 0.15) is 5.75 Å². The van der Waals surface area contributed by atoms with E-state index in [9.17, 15) is 23.8 Å². The molecule has 0 bridgehead atoms. The minimum atomic E-state index is -4.94. The highest BCUT2D eigenvalue weighted by Crippen LogP contribution is 2.58. The molecule has 0 radical (unpaired) electrons. The normalized spacial score (nSPS) is 14.1. The van der Waals surface area contributed by atoms with Gasteiger partial charge in [0.25, 0.3) is 5.91 Å². The summed E-state index contributed by atoms with van der Waals surface area (Å²) < 4.78 is 41.2. The van der Waals surface area contributed by atoms with Crippen LogP contribution in [0.15, 0.2) is 72.8 Å². The minimum absolute atomic E-state index is 0.265. The zero-order valence-electron chi connectivity index (χ0n) is 32.4. The Kier molecular flexibility index (Phi) is 15.8. The fraction of sp³-hybridized carbons (Fsp3) is 0.488. The number of amides is 1. The molecule has 290 valence electrons. The van der Waals surface area contributed by atoms with E-state index in [0.717, 1.165) is 30.4 Å². The average Bonchev–Trinajstić information content (AvgIpc) is 3.11. The zero-order valence-corrected chi connectivity index (χ0v) is 33.3. The van der Waals surface area contributed by atoms with Gasteiger partial charge in [-0.2, -0.15) is 0 Å². The van der Waals surface area contributed by atoms with Crippen LogP contribution in [0.2, 0.25) is 0 Å². The molecule has 2 N–H and O–H groups in total. The molecule has 12 heteroatoms. The molecule has 0 fully saturated rings. The number of carbonyl (C=O) groups excluding carboxylic acids is 3. The van der Waals surface area contributed by atoms with Crippen molar-refractivity contribution in [2.24, 2.45) is 10.8 Å². The van der Waals surface area contributed by atoms with Crippen LogP contribution in [0.5, 0.6) is 5.75 Å². The standard InChI is InChI=1S/C41H56NO10P/c1-9-10-11-12-13-16-27-49-34-25-23-31(24-26-34)30-19-21-32(22-20-30)36(43)42-35-18-15-14-17-33(35)28-41(53(46,47)48-8,52-38(45)40(5,6)7)51-29-50-37(44)39(2,3)4/h14-15,17-26H,9-13,16,27-29H2,1-8H3,(H,42,43)(H,46,47). The first-order chi connectivity index (χ1) is 24.9. The van der Waals surface area contributed by atoms with E-state index < -0.39 is 55.0 Å². The van der Waals surface area contributed by atoms with Gasteiger partial charge in [0.15, 0.2) is 6.79 Å². The van der Waals surface area contributed by atoms with Gasteiger partial charge in [-0.15, -0.1) is 0 Å². The summed E-state index contributed by atoms with van der Waals surface area (Å²) in [5.41, 5.74) is -1.88. The highest BCUT2D eigenvalue weighted by molar-refractivity contribution is 7.54. The molecule has 2 atom stereocenters. The SMILES string of the molecule is CCCCCCCCOc1ccc(-c2ccc(C(=O)Nc3ccccc3CC(OCOC(=O)C(C)(C)C)(OC(=O)C(C)(C)C)P(=O)(O)OC)cc2)cc1. The number of esters is 2. The molecule has 3 rings (SSSR count). The van der Waals surface area contributed by atoms with Crippen LogP contribution in [0.25, 0.3) is 11.1 Å². The smallest absolute Gasteiger partial charge is 0.399 e. The van der Waals surface area contributed by atoms with Crippen molar-refractivity contribution in [1.82, 2.24) is 0 Å². The Balaban J connectivity index is 1.79. The van der Waals surface area contributed by atoms with Gasteiger partial charge in [0.05, 0.1) is 23.9 Å². The van der Waals surface area contributed by atoms with Crippen LogP contribution >= 0.6 is 7.60 Å². The maximum absolute atomic E-state index is 13.7. The van der Waals surface area contributed by atoms with E-state index in [0.29, 0.717) is 12.2 Å². The summed E-state index contributed by atoms with van der Waals surface area (Å²) in [6.45, 7) is 11.7. The molecule has 53 heavy (non-hydrogen) atoms. The summed E-state index contributed by atoms with van der Waals surface area (Å²) in [5, 5.41) is 2.85. The number of hydrogen-bond donors (Lipinski definition) is 2. The largest absolute Gasteiger partial charge is 0.494 e. The van der Waals surface area contributed by atoms with Crippen LogP contribution in [-0.2, 0) is 39.3 Å². The van der Waals surface area contributed by atoms with Crippen molar-refractivity contribution in [2.75, 3.05) is 25.8 Å². The van der Waals surface area contributed by atoms with Crippen LogP contribution in [0.3, 0.4) is 0 Å². The summed E-state index contributed by atoms with van der Waals surface area (Å²) >= 11 is 0. The molecule has 0 aliphatic carbocycles. The summed E-state index contributed by atoms with van der Waals surface area (Å²) in [5.74, 6) is -1.16. The van der Waals surface area contributed by atoms with Gasteiger partial charge < -0.3 is 28.9 Å². The van der Waals surface area contributed by atoms with Gasteiger partial charge in [-0.1, -0.05) is 81.5 Å². The lowest BCUT2D eigenvalue weighted by molar-refractivity contribution is -0.235. The Bertz CT molecular complexity index is 1690. The third-order valence-corrected chi connectivity index (χ3v) is 10.1. The molecule has 0 heterocycles. The number of hydrogen-bond acceptors (Lipinski definition) is 9. The molecule has 0 aromatic heterocycles. The Morgan fingerprint density at radius 2 is 1.32 bits per heavy atom. The highest BCUT2D eigenvalue weighted by atomic mass is 31.2. The number of unbranched alkanes of at least 4 members (excludes halogenated alkanes) is 5. The van der Waals surface area contributed by atoms with Crippen LogP contribution in [0.4, 0.5) is 5.69 Å². The van der Waals surface area contributed by atoms with E-state index in [-0.39, 0.29) is 11.3 Å². The number of nitrogens with one attached hydrogen (secondary N) is 1. The number of ether oxygens (including phenoxy) is 4. The predicted octanol–water partition coefficient (Wildman–Crippen LogP) is 9.53. The molecule has 11 nitrogen and oxygen atoms in total. The molecule has 1 amide bonds. The number of rotatable bonds is 19. The monoisotopic (exact) mass is 753 g/mol. The maximum Gasteiger partial charge on any atom is 0.399 e. The third kappa shape index (κ3) is 12.8. The summed E-state index contributed by atoms with van der Waals surface area (Å²) in [4.78, 5) is 50.3. The summed E-state index contributed by atoms with van der Waals surface area (Å²) in [6, 6.07) is 21.4. The lowest BCUT2D eigenvalue weighted by Gasteiger charge is -2.37. The lowest BCUT2D eigenvalue weighted by Crippen LogP contribution is -2.44. The molecule has 0 aliphatic rings. The number of anilines is 1. The van der Waals surface area contributed by atoms with Crippen LogP contribution in [0.1, 0.15) is 103 Å². The van der Waals surface area contributed by atoms with E-state index in [1.807, 2.05) is 36.4 Å². The first kappa shape index (κ1) is 43.4. The summed E-state index contributed by atoms with van der Waals surface area (Å²) in [7, 11) is -3.97. The van der Waals surface area contributed by atoms with Crippen LogP contribution in [-0.4, -0.2) is 48.8 Å². The van der Waals surface area contributed by atoms with Crippen molar-refractivity contribution in [3.05, 3.63) is 83.9 Å². The Hall–Kier alpha value is -4.02. The van der Waals surface area contributed by atoms with E-state index >= 15 is 0 Å². The Morgan fingerprint density at radius 1 is 0.755 bits per heavy atom. The first-order valence-corrected chi connectivity index (χ1v) is 19.7. The van der Waals surface area contributed by atoms with Crippen molar-refractivity contribution in [2.45, 2.75) is 98.9 Å². The molecule has 0 saturated carbocycles. The minimum Gasteiger partial charge on any atom is -0.494 e. The van der Waals surface area contributed by atoms with Gasteiger partial charge in [-0.05, 0) is 95.0 Å². The van der Waals surface area contributed by atoms with Crippen LogP contribution in [0, 0.1) is 10.8 Å². The van der Waals surface area contributed by atoms with E-state index in [4.69, 9.17) is 23.5 Å². The van der Waals surface area contributed by atoms with Gasteiger partial charge in [-0.25, -0.2) is 0 Å². The molecule has 0 spiro atoms. The Labute approximate surface area is 314 Å². The van der Waals surface area contributed by atoms with Gasteiger partial charge in [0.2, 0.25) is 0 Å². The Morgan fingerprint density at radius 3 is 1.91 bits per heavy atom. The highest BCUT2D eigenvalue weighted by Gasteiger charge is 2.56. The average molecular weight is 754 g/mol. The molecule has 2 unspecified atom stereocenters. The molecule has 0 aliphatic heterocycles. The quantitative estimate of drug-likeness (QED) is 0.0525. The van der Waals surface area contributed by atoms with Gasteiger partial charge in [-0.3, -0.25) is 23.7 Å². The van der Waals surface area contributed by atoms with Crippen molar-refractivity contribution in [3.63, 3.8) is 0 Å². The maximum atomic E-state index is 13.7. The fourth-order valence-corrected chi connectivity index (χ4v) is 6.11. The number of carbonyl (C=O) groups is 3. The van der Waals surface area contributed by atoms with Crippen molar-refractivity contribution in [3.8, 4) is 16.9 Å². The van der Waals surface area contributed by atoms with Crippen molar-refractivity contribution >= 4 is 31.1 Å². The molecule has 3 aromatic rings. The number of benzene rings is 3. The van der Waals surface area contributed by atoms with Gasteiger partial charge >= 0.3 is 25.1 Å². The van der Waals surface area contributed by atoms with E-state index in [1.165, 1.54) is 32.1 Å². The topological polar surface area (TPSA) is 147 Å². The zero-order chi connectivity index (χ0) is 39.3. The fourth-order valence-electron chi connectivity index (χ4n) is 5.05. The van der Waals surface area contributed by atoms with Crippen molar-refractivity contribution < 1.29 is 47.3 Å². The lowest BCUT2D eigenvalue weighted by atomic mass is 9.97. The van der Waals surface area contributed by atoms with Crippen LogP contribution < -0.4 is 10.1 Å². The van der Waals surface area contributed by atoms with Gasteiger partial charge in [0, 0.05) is 18.4 Å². The first-order valence-electron chi connectivity index (χ1n) is 18.1.